The Morgan fingerprint density at radius 1 is 1.19 bits per heavy atom. The zero-order valence-electron chi connectivity index (χ0n) is 17.4. The summed E-state index contributed by atoms with van der Waals surface area (Å²) >= 11 is 0. The van der Waals surface area contributed by atoms with Crippen molar-refractivity contribution in [1.82, 2.24) is 4.90 Å². The molecule has 1 atom stereocenters. The molecule has 0 radical (unpaired) electrons. The second-order valence-electron chi connectivity index (χ2n) is 7.77. The Hall–Kier alpha value is -2.64. The minimum Gasteiger partial charge on any atom is -0.481 e. The number of carbonyl (C=O) groups excluding carboxylic acids is 2. The Morgan fingerprint density at radius 3 is 2.65 bits per heavy atom. The Bertz CT molecular complexity index is 793. The molecule has 0 bridgehead atoms. The lowest BCUT2D eigenvalue weighted by Gasteiger charge is -2.22. The summed E-state index contributed by atoms with van der Waals surface area (Å²) in [5.41, 5.74) is -0.448. The van der Waals surface area contributed by atoms with Gasteiger partial charge in [-0.15, -0.1) is 0 Å². The molecule has 1 amide bonds. The fourth-order valence-corrected chi connectivity index (χ4v) is 3.66. The highest BCUT2D eigenvalue weighted by Crippen LogP contribution is 2.30. The molecule has 0 unspecified atom stereocenters. The van der Waals surface area contributed by atoms with Crippen molar-refractivity contribution in [3.05, 3.63) is 47.6 Å². The Morgan fingerprint density at radius 2 is 1.94 bits per heavy atom. The predicted molar refractivity (Wildman–Crippen MR) is 110 cm³/mol. The number of carboxylic acid groups (broad SMARTS) is 1. The summed E-state index contributed by atoms with van der Waals surface area (Å²) in [5.74, 6) is -1.10. The summed E-state index contributed by atoms with van der Waals surface area (Å²) in [7, 11) is 0. The summed E-state index contributed by atoms with van der Waals surface area (Å²) in [6.07, 6.45) is 7.94. The molecular weight excluding hydrogens is 411 g/mol. The number of nitrogens with zero attached hydrogens (tertiary/aromatic N) is 1. The van der Waals surface area contributed by atoms with Crippen LogP contribution >= 0.6 is 0 Å². The monoisotopic (exact) mass is 439 g/mol. The molecule has 1 fully saturated rings. The van der Waals surface area contributed by atoms with Gasteiger partial charge in [-0.25, -0.2) is 0 Å². The molecule has 1 aliphatic carbocycles. The van der Waals surface area contributed by atoms with E-state index in [0.29, 0.717) is 37.8 Å². The minimum absolute atomic E-state index is 0.0166. The standard InChI is InChI=1S/C23H28F3NO4/c24-23(25,26)18-8-5-4-7-17(15-18)16-20(28)12-10-19-11-13-21(29)27(19)14-6-2-1-3-9-22(30)31/h5,7-8,10,12,15,19H,1-4,6,9,11,13-14,16H2,(H,30,31)/b12-10+/t19-/m0/s1. The molecule has 0 spiro atoms. The van der Waals surface area contributed by atoms with Gasteiger partial charge in [0.2, 0.25) is 5.91 Å². The number of rotatable bonds is 11. The average molecular weight is 439 g/mol. The molecule has 2 aliphatic rings. The fraction of sp³-hybridized carbons (Fsp3) is 0.522. The SMILES string of the molecule is O=C(O)CCCCCCN1C(=O)CC[C@@H]1/C=C/C(=O)CC1=CCC=CC(C(F)(F)F)=C1. The summed E-state index contributed by atoms with van der Waals surface area (Å²) in [4.78, 5) is 36.7. The van der Waals surface area contributed by atoms with Crippen molar-refractivity contribution in [2.24, 2.45) is 0 Å². The molecule has 2 rings (SSSR count). The molecule has 0 saturated carbocycles. The highest BCUT2D eigenvalue weighted by Gasteiger charge is 2.32. The number of unbranched alkanes of at least 4 members (excludes halogenated alkanes) is 3. The molecule has 8 heteroatoms. The first kappa shape index (κ1) is 24.6. The van der Waals surface area contributed by atoms with Gasteiger partial charge in [-0.2, -0.15) is 13.2 Å². The van der Waals surface area contributed by atoms with Crippen LogP contribution in [0.5, 0.6) is 0 Å². The van der Waals surface area contributed by atoms with Gasteiger partial charge in [0.15, 0.2) is 5.78 Å². The highest BCUT2D eigenvalue weighted by atomic mass is 19.4. The van der Waals surface area contributed by atoms with Crippen molar-refractivity contribution in [2.75, 3.05) is 6.54 Å². The van der Waals surface area contributed by atoms with Crippen molar-refractivity contribution >= 4 is 17.7 Å². The number of likely N-dealkylation sites (tertiary alicyclic amines) is 1. The van der Waals surface area contributed by atoms with Crippen molar-refractivity contribution in [2.45, 2.75) is 70.0 Å². The van der Waals surface area contributed by atoms with Gasteiger partial charge in [0, 0.05) is 25.8 Å². The molecule has 0 aromatic heterocycles. The number of aliphatic carboxylic acids is 1. The van der Waals surface area contributed by atoms with Gasteiger partial charge in [0.1, 0.15) is 0 Å². The molecule has 1 N–H and O–H groups in total. The maximum Gasteiger partial charge on any atom is 0.416 e. The van der Waals surface area contributed by atoms with Crippen molar-refractivity contribution < 1.29 is 32.7 Å². The van der Waals surface area contributed by atoms with Crippen LogP contribution in [0, 0.1) is 0 Å². The number of ketones is 1. The van der Waals surface area contributed by atoms with E-state index in [1.165, 1.54) is 12.2 Å². The topological polar surface area (TPSA) is 74.7 Å². The third-order valence-corrected chi connectivity index (χ3v) is 5.28. The van der Waals surface area contributed by atoms with E-state index in [-0.39, 0.29) is 30.6 Å². The Kier molecular flexibility index (Phi) is 9.27. The van der Waals surface area contributed by atoms with Gasteiger partial charge in [-0.3, -0.25) is 14.4 Å². The van der Waals surface area contributed by atoms with Crippen LogP contribution in [0.4, 0.5) is 13.2 Å². The first-order valence-corrected chi connectivity index (χ1v) is 10.5. The summed E-state index contributed by atoms with van der Waals surface area (Å²) in [6, 6.07) is -0.193. The molecule has 1 saturated heterocycles. The van der Waals surface area contributed by atoms with E-state index in [0.717, 1.165) is 31.4 Å². The molecular formula is C23H28F3NO4. The number of halogens is 3. The van der Waals surface area contributed by atoms with Crippen LogP contribution in [0.25, 0.3) is 0 Å². The minimum atomic E-state index is -4.46. The zero-order valence-corrected chi connectivity index (χ0v) is 17.4. The van der Waals surface area contributed by atoms with E-state index in [9.17, 15) is 27.6 Å². The molecule has 170 valence electrons. The normalized spacial score (nSPS) is 19.5. The molecule has 1 aliphatic heterocycles. The van der Waals surface area contributed by atoms with E-state index in [1.807, 2.05) is 0 Å². The number of amides is 1. The van der Waals surface area contributed by atoms with E-state index < -0.39 is 17.7 Å². The number of carboxylic acids is 1. The van der Waals surface area contributed by atoms with E-state index >= 15 is 0 Å². The van der Waals surface area contributed by atoms with Gasteiger partial charge in [0.05, 0.1) is 11.6 Å². The maximum atomic E-state index is 13.0. The molecule has 5 nitrogen and oxygen atoms in total. The second-order valence-corrected chi connectivity index (χ2v) is 7.77. The second kappa shape index (κ2) is 11.7. The van der Waals surface area contributed by atoms with Crippen LogP contribution in [-0.4, -0.2) is 46.4 Å². The third kappa shape index (κ3) is 8.55. The summed E-state index contributed by atoms with van der Waals surface area (Å²) < 4.78 is 38.9. The quantitative estimate of drug-likeness (QED) is 0.367. The molecule has 1 heterocycles. The third-order valence-electron chi connectivity index (χ3n) is 5.28. The number of carbonyl (C=O) groups is 3. The van der Waals surface area contributed by atoms with Crippen LogP contribution < -0.4 is 0 Å². The smallest absolute Gasteiger partial charge is 0.416 e. The van der Waals surface area contributed by atoms with Crippen LogP contribution in [0.2, 0.25) is 0 Å². The van der Waals surface area contributed by atoms with E-state index in [1.54, 1.807) is 17.1 Å². The maximum absolute atomic E-state index is 13.0. The summed E-state index contributed by atoms with van der Waals surface area (Å²) in [5, 5.41) is 8.63. The van der Waals surface area contributed by atoms with Gasteiger partial charge in [-0.05, 0) is 43.4 Å². The van der Waals surface area contributed by atoms with Gasteiger partial charge in [0.25, 0.3) is 0 Å². The number of alkyl halides is 3. The average Bonchev–Trinajstić information content (AvgIpc) is 2.87. The first-order chi connectivity index (χ1) is 14.7. The molecule has 0 aromatic carbocycles. The van der Waals surface area contributed by atoms with E-state index in [4.69, 9.17) is 5.11 Å². The Balaban J connectivity index is 1.85. The van der Waals surface area contributed by atoms with Crippen molar-refractivity contribution in [3.63, 3.8) is 0 Å². The van der Waals surface area contributed by atoms with Crippen LogP contribution in [0.15, 0.2) is 47.6 Å². The van der Waals surface area contributed by atoms with Crippen molar-refractivity contribution in [1.29, 1.82) is 0 Å². The van der Waals surface area contributed by atoms with Crippen LogP contribution in [0.3, 0.4) is 0 Å². The lowest BCUT2D eigenvalue weighted by Crippen LogP contribution is -2.32. The van der Waals surface area contributed by atoms with Crippen molar-refractivity contribution in [3.8, 4) is 0 Å². The van der Waals surface area contributed by atoms with E-state index in [2.05, 4.69) is 0 Å². The fourth-order valence-electron chi connectivity index (χ4n) is 3.66. The predicted octanol–water partition coefficient (Wildman–Crippen LogP) is 4.90. The van der Waals surface area contributed by atoms with Gasteiger partial charge >= 0.3 is 12.1 Å². The lowest BCUT2D eigenvalue weighted by molar-refractivity contribution is -0.137. The largest absolute Gasteiger partial charge is 0.481 e. The lowest BCUT2D eigenvalue weighted by atomic mass is 10.0. The Labute approximate surface area is 180 Å². The van der Waals surface area contributed by atoms with Crippen LogP contribution in [-0.2, 0) is 14.4 Å². The first-order valence-electron chi connectivity index (χ1n) is 10.5. The molecule has 0 aromatic rings. The highest BCUT2D eigenvalue weighted by molar-refractivity contribution is 5.92. The molecule has 31 heavy (non-hydrogen) atoms. The number of hydrogen-bond donors (Lipinski definition) is 1. The number of allylic oxidation sites excluding steroid dienone is 7. The van der Waals surface area contributed by atoms with Gasteiger partial charge < -0.3 is 10.0 Å². The van der Waals surface area contributed by atoms with Gasteiger partial charge in [-0.1, -0.05) is 37.1 Å². The van der Waals surface area contributed by atoms with Crippen LogP contribution in [0.1, 0.15) is 57.8 Å². The number of hydrogen-bond acceptors (Lipinski definition) is 3. The zero-order chi connectivity index (χ0) is 22.9. The summed E-state index contributed by atoms with van der Waals surface area (Å²) in [6.45, 7) is 0.545.